The molecule has 0 amide bonds. The first-order valence-electron chi connectivity index (χ1n) is 6.34. The van der Waals surface area contributed by atoms with E-state index in [9.17, 15) is 0 Å². The average Bonchev–Trinajstić information content (AvgIpc) is 2.68. The summed E-state index contributed by atoms with van der Waals surface area (Å²) in [5.41, 5.74) is 8.85. The number of nitrogens with zero attached hydrogens (tertiary/aromatic N) is 2. The minimum absolute atomic E-state index is 0.279. The zero-order valence-corrected chi connectivity index (χ0v) is 13.6. The molecule has 2 N–H and O–H groups in total. The number of hydrogen-bond acceptors (Lipinski definition) is 2. The number of benzene rings is 1. The molecule has 0 fully saturated rings. The molecule has 0 bridgehead atoms. The first-order valence-corrected chi connectivity index (χ1v) is 7.48. The van der Waals surface area contributed by atoms with E-state index >= 15 is 0 Å². The van der Waals surface area contributed by atoms with Gasteiger partial charge in [0.15, 0.2) is 0 Å². The van der Waals surface area contributed by atoms with Crippen LogP contribution in [0.4, 0.5) is 0 Å². The highest BCUT2D eigenvalue weighted by Gasteiger charge is 2.18. The number of nitrogens with two attached hydrogens (primary N) is 1. The molecule has 3 nitrogen and oxygen atoms in total. The number of aromatic nitrogens is 2. The monoisotopic (exact) mass is 331 g/mol. The molecule has 0 aliphatic carbocycles. The second-order valence-electron chi connectivity index (χ2n) is 4.66. The van der Waals surface area contributed by atoms with E-state index in [1.54, 1.807) is 22.9 Å². The van der Waals surface area contributed by atoms with E-state index in [1.165, 1.54) is 0 Å². The van der Waals surface area contributed by atoms with Gasteiger partial charge in [-0.15, -0.1) is 0 Å². The Morgan fingerprint density at radius 3 is 2.60 bits per heavy atom. The first kappa shape index (κ1) is 15.6. The summed E-state index contributed by atoms with van der Waals surface area (Å²) < 4.78 is 1.78. The lowest BCUT2D eigenvalue weighted by Crippen LogP contribution is -2.16. The maximum Gasteiger partial charge on any atom is 0.0850 e. The molecular weight excluding hydrogens is 317 g/mol. The maximum atomic E-state index is 6.33. The van der Waals surface area contributed by atoms with E-state index in [1.807, 2.05) is 14.0 Å². The summed E-state index contributed by atoms with van der Waals surface area (Å²) in [4.78, 5) is 0. The van der Waals surface area contributed by atoms with Gasteiger partial charge in [-0.3, -0.25) is 4.68 Å². The zero-order valence-electron chi connectivity index (χ0n) is 11.3. The summed E-state index contributed by atoms with van der Waals surface area (Å²) in [6, 6.07) is 5.01. The predicted octanol–water partition coefficient (Wildman–Crippen LogP) is 4.19. The Balaban J connectivity index is 2.30. The largest absolute Gasteiger partial charge is 0.324 e. The standard InChI is InChI=1S/C14H16Cl3N3/c1-3-12-14(17)13(20(2)19-12)7-11(18)9-6-8(15)4-5-10(9)16/h4-6,11H,3,7,18H2,1-2H3. The molecular formula is C14H16Cl3N3. The van der Waals surface area contributed by atoms with Crippen LogP contribution in [0.25, 0.3) is 0 Å². The highest BCUT2D eigenvalue weighted by Crippen LogP contribution is 2.30. The molecule has 0 radical (unpaired) electrons. The van der Waals surface area contributed by atoms with Crippen molar-refractivity contribution >= 4 is 34.8 Å². The average molecular weight is 333 g/mol. The van der Waals surface area contributed by atoms with Gasteiger partial charge in [0, 0.05) is 29.6 Å². The SMILES string of the molecule is CCc1nn(C)c(CC(N)c2cc(Cl)ccc2Cl)c1Cl. The van der Waals surface area contributed by atoms with E-state index in [0.717, 1.165) is 23.4 Å². The Kier molecular flexibility index (Phi) is 4.97. The molecule has 0 saturated carbocycles. The van der Waals surface area contributed by atoms with Crippen molar-refractivity contribution in [2.45, 2.75) is 25.8 Å². The van der Waals surface area contributed by atoms with Gasteiger partial charge in [0.05, 0.1) is 16.4 Å². The number of aryl methyl sites for hydroxylation is 2. The van der Waals surface area contributed by atoms with Crippen LogP contribution in [0.3, 0.4) is 0 Å². The minimum Gasteiger partial charge on any atom is -0.324 e. The van der Waals surface area contributed by atoms with E-state index in [0.29, 0.717) is 21.5 Å². The molecule has 1 aromatic carbocycles. The molecule has 2 rings (SSSR count). The second kappa shape index (κ2) is 6.35. The Morgan fingerprint density at radius 1 is 1.30 bits per heavy atom. The lowest BCUT2D eigenvalue weighted by atomic mass is 10.0. The van der Waals surface area contributed by atoms with Crippen molar-refractivity contribution < 1.29 is 0 Å². The van der Waals surface area contributed by atoms with Gasteiger partial charge >= 0.3 is 0 Å². The van der Waals surface area contributed by atoms with Crippen molar-refractivity contribution in [1.29, 1.82) is 0 Å². The lowest BCUT2D eigenvalue weighted by Gasteiger charge is -2.14. The van der Waals surface area contributed by atoms with Crippen LogP contribution in [-0.4, -0.2) is 9.78 Å². The third-order valence-electron chi connectivity index (χ3n) is 3.27. The van der Waals surface area contributed by atoms with Crippen LogP contribution in [0.1, 0.15) is 29.9 Å². The fourth-order valence-corrected chi connectivity index (χ4v) is 2.97. The summed E-state index contributed by atoms with van der Waals surface area (Å²) in [6.45, 7) is 2.02. The Hall–Kier alpha value is -0.740. The molecule has 0 spiro atoms. The van der Waals surface area contributed by atoms with E-state index < -0.39 is 0 Å². The highest BCUT2D eigenvalue weighted by atomic mass is 35.5. The molecule has 0 saturated heterocycles. The van der Waals surface area contributed by atoms with Crippen molar-refractivity contribution in [2.24, 2.45) is 12.8 Å². The Bertz CT molecular complexity index is 622. The van der Waals surface area contributed by atoms with Crippen LogP contribution >= 0.6 is 34.8 Å². The van der Waals surface area contributed by atoms with Crippen molar-refractivity contribution in [1.82, 2.24) is 9.78 Å². The quantitative estimate of drug-likeness (QED) is 0.912. The highest BCUT2D eigenvalue weighted by molar-refractivity contribution is 6.33. The molecule has 1 atom stereocenters. The summed E-state index contributed by atoms with van der Waals surface area (Å²) in [6.07, 6.45) is 1.35. The molecule has 1 unspecified atom stereocenters. The second-order valence-corrected chi connectivity index (χ2v) is 5.88. The summed E-state index contributed by atoms with van der Waals surface area (Å²) >= 11 is 18.5. The van der Waals surface area contributed by atoms with Crippen molar-refractivity contribution in [3.8, 4) is 0 Å². The molecule has 0 aliphatic rings. The molecule has 2 aromatic rings. The van der Waals surface area contributed by atoms with E-state index in [4.69, 9.17) is 40.5 Å². The lowest BCUT2D eigenvalue weighted by molar-refractivity contribution is 0.638. The van der Waals surface area contributed by atoms with Crippen LogP contribution < -0.4 is 5.73 Å². The van der Waals surface area contributed by atoms with Gasteiger partial charge in [-0.2, -0.15) is 5.10 Å². The summed E-state index contributed by atoms with van der Waals surface area (Å²) in [5, 5.41) is 6.29. The summed E-state index contributed by atoms with van der Waals surface area (Å²) in [7, 11) is 1.87. The molecule has 108 valence electrons. The first-order chi connectivity index (χ1) is 9.43. The Morgan fingerprint density at radius 2 is 2.00 bits per heavy atom. The van der Waals surface area contributed by atoms with Gasteiger partial charge < -0.3 is 5.73 Å². The normalized spacial score (nSPS) is 12.7. The third kappa shape index (κ3) is 3.12. The van der Waals surface area contributed by atoms with Crippen molar-refractivity contribution in [3.63, 3.8) is 0 Å². The van der Waals surface area contributed by atoms with Crippen molar-refractivity contribution in [3.05, 3.63) is 50.2 Å². The molecule has 6 heteroatoms. The minimum atomic E-state index is -0.279. The van der Waals surface area contributed by atoms with Gasteiger partial charge in [-0.1, -0.05) is 41.7 Å². The topological polar surface area (TPSA) is 43.8 Å². The fourth-order valence-electron chi connectivity index (χ4n) is 2.16. The third-order valence-corrected chi connectivity index (χ3v) is 4.29. The van der Waals surface area contributed by atoms with E-state index in [-0.39, 0.29) is 6.04 Å². The van der Waals surface area contributed by atoms with Crippen molar-refractivity contribution in [2.75, 3.05) is 0 Å². The van der Waals surface area contributed by atoms with Crippen LogP contribution in [0.5, 0.6) is 0 Å². The maximum absolute atomic E-state index is 6.33. The van der Waals surface area contributed by atoms with Gasteiger partial charge in [-0.05, 0) is 30.2 Å². The fraction of sp³-hybridized carbons (Fsp3) is 0.357. The number of rotatable bonds is 4. The van der Waals surface area contributed by atoms with Crippen LogP contribution in [0.15, 0.2) is 18.2 Å². The van der Waals surface area contributed by atoms with Crippen LogP contribution in [0.2, 0.25) is 15.1 Å². The van der Waals surface area contributed by atoms with Gasteiger partial charge in [-0.25, -0.2) is 0 Å². The predicted molar refractivity (Wildman–Crippen MR) is 84.7 cm³/mol. The van der Waals surface area contributed by atoms with Gasteiger partial charge in [0.25, 0.3) is 0 Å². The molecule has 0 aliphatic heterocycles. The molecule has 20 heavy (non-hydrogen) atoms. The van der Waals surface area contributed by atoms with E-state index in [2.05, 4.69) is 5.10 Å². The number of hydrogen-bond donors (Lipinski definition) is 1. The Labute approximate surface area is 133 Å². The summed E-state index contributed by atoms with van der Waals surface area (Å²) in [5.74, 6) is 0. The van der Waals surface area contributed by atoms with Gasteiger partial charge in [0.2, 0.25) is 0 Å². The molecule has 1 aromatic heterocycles. The van der Waals surface area contributed by atoms with Gasteiger partial charge in [0.1, 0.15) is 0 Å². The van der Waals surface area contributed by atoms with Crippen LogP contribution in [0, 0.1) is 0 Å². The number of halogens is 3. The zero-order chi connectivity index (χ0) is 14.9. The van der Waals surface area contributed by atoms with Crippen LogP contribution in [-0.2, 0) is 19.9 Å². The smallest absolute Gasteiger partial charge is 0.0850 e. The molecule has 1 heterocycles.